The predicted octanol–water partition coefficient (Wildman–Crippen LogP) is 3.93. The van der Waals surface area contributed by atoms with Gasteiger partial charge in [-0.3, -0.25) is 4.98 Å². The maximum Gasteiger partial charge on any atom is 0.184 e. The Labute approximate surface area is 180 Å². The molecule has 2 atom stereocenters. The zero-order chi connectivity index (χ0) is 22.9. The molecule has 10 heteroatoms. The summed E-state index contributed by atoms with van der Waals surface area (Å²) in [6.45, 7) is 0.469. The minimum atomic E-state index is -2.65. The van der Waals surface area contributed by atoms with Gasteiger partial charge in [0.2, 0.25) is 0 Å². The summed E-state index contributed by atoms with van der Waals surface area (Å²) in [5.41, 5.74) is -4.66. The van der Waals surface area contributed by atoms with E-state index in [1.807, 2.05) is 0 Å². The van der Waals surface area contributed by atoms with Gasteiger partial charge in [0.15, 0.2) is 11.3 Å². The number of rotatable bonds is 6. The van der Waals surface area contributed by atoms with E-state index in [-0.39, 0.29) is 5.69 Å². The highest BCUT2D eigenvalue weighted by Gasteiger charge is 2.53. The van der Waals surface area contributed by atoms with Gasteiger partial charge in [0.25, 0.3) is 0 Å². The van der Waals surface area contributed by atoms with Gasteiger partial charge in [-0.05, 0) is 47.2 Å². The van der Waals surface area contributed by atoms with Crippen LogP contribution in [0.4, 0.5) is 17.6 Å². The summed E-state index contributed by atoms with van der Waals surface area (Å²) in [6, 6.07) is 11.0. The fraction of sp³-hybridized carbons (Fsp3) is 0.182. The fourth-order valence-electron chi connectivity index (χ4n) is 3.50. The fourth-order valence-corrected chi connectivity index (χ4v) is 3.50. The Morgan fingerprint density at radius 3 is 2.22 bits per heavy atom. The molecule has 0 aliphatic rings. The summed E-state index contributed by atoms with van der Waals surface area (Å²) in [7, 11) is 0. The third-order valence-electron chi connectivity index (χ3n) is 5.36. The van der Waals surface area contributed by atoms with Crippen molar-refractivity contribution in [2.24, 2.45) is 0 Å². The van der Waals surface area contributed by atoms with E-state index in [0.717, 1.165) is 30.1 Å². The van der Waals surface area contributed by atoms with Gasteiger partial charge in [-0.25, -0.2) is 22.2 Å². The number of aliphatic hydroxyl groups is 1. The molecule has 0 amide bonds. The third kappa shape index (κ3) is 3.84. The van der Waals surface area contributed by atoms with Crippen LogP contribution in [0.15, 0.2) is 67.1 Å². The topological polar surface area (TPSA) is 76.7 Å². The molecule has 0 fully saturated rings. The molecule has 4 aromatic rings. The van der Waals surface area contributed by atoms with Crippen LogP contribution in [0, 0.1) is 17.5 Å². The average molecular weight is 443 g/mol. The van der Waals surface area contributed by atoms with Crippen LogP contribution in [0.5, 0.6) is 0 Å². The van der Waals surface area contributed by atoms with Gasteiger partial charge in [0.1, 0.15) is 23.8 Å². The molecule has 164 valence electrons. The zero-order valence-electron chi connectivity index (χ0n) is 16.8. The zero-order valence-corrected chi connectivity index (χ0v) is 16.8. The molecule has 0 radical (unpaired) electrons. The lowest BCUT2D eigenvalue weighted by molar-refractivity contribution is -0.123. The van der Waals surface area contributed by atoms with Crippen LogP contribution in [0.25, 0.3) is 11.1 Å². The summed E-state index contributed by atoms with van der Waals surface area (Å²) in [5, 5.41) is 22.0. The Kier molecular flexibility index (Phi) is 5.47. The summed E-state index contributed by atoms with van der Waals surface area (Å²) >= 11 is 0. The molecule has 32 heavy (non-hydrogen) atoms. The molecule has 4 rings (SSSR count). The molecule has 1 N–H and O–H groups in total. The quantitative estimate of drug-likeness (QED) is 0.457. The normalized spacial score (nSPS) is 15.2. The molecule has 2 heterocycles. The molecule has 0 saturated carbocycles. The molecule has 0 spiro atoms. The SMILES string of the molecule is CC(F)(c1ccc(-c2ccc(F)cc2)cn1)C(O)(Cn1cnnn1)c1ccc(F)cc1F. The first kappa shape index (κ1) is 21.6. The molecule has 0 aliphatic carbocycles. The van der Waals surface area contributed by atoms with E-state index in [1.54, 1.807) is 18.2 Å². The minimum Gasteiger partial charge on any atom is -0.379 e. The van der Waals surface area contributed by atoms with Crippen LogP contribution in [0.2, 0.25) is 0 Å². The molecular formula is C22H17F4N5O. The summed E-state index contributed by atoms with van der Waals surface area (Å²) in [6.07, 6.45) is 2.49. The lowest BCUT2D eigenvalue weighted by atomic mass is 9.77. The van der Waals surface area contributed by atoms with Crippen molar-refractivity contribution >= 4 is 0 Å². The summed E-state index contributed by atoms with van der Waals surface area (Å²) in [4.78, 5) is 4.13. The monoisotopic (exact) mass is 443 g/mol. The Morgan fingerprint density at radius 1 is 0.938 bits per heavy atom. The third-order valence-corrected chi connectivity index (χ3v) is 5.36. The Bertz CT molecular complexity index is 1210. The predicted molar refractivity (Wildman–Crippen MR) is 106 cm³/mol. The highest BCUT2D eigenvalue weighted by molar-refractivity contribution is 5.62. The second-order valence-corrected chi connectivity index (χ2v) is 7.43. The number of benzene rings is 2. The Morgan fingerprint density at radius 2 is 1.62 bits per heavy atom. The number of pyridine rings is 1. The van der Waals surface area contributed by atoms with E-state index in [9.17, 15) is 18.3 Å². The molecule has 0 bridgehead atoms. The lowest BCUT2D eigenvalue weighted by Crippen LogP contribution is -2.48. The van der Waals surface area contributed by atoms with E-state index in [1.165, 1.54) is 24.4 Å². The van der Waals surface area contributed by atoms with Gasteiger partial charge in [0, 0.05) is 23.4 Å². The van der Waals surface area contributed by atoms with Crippen molar-refractivity contribution in [3.8, 4) is 11.1 Å². The molecule has 6 nitrogen and oxygen atoms in total. The van der Waals surface area contributed by atoms with E-state index < -0.39 is 40.8 Å². The summed E-state index contributed by atoms with van der Waals surface area (Å²) < 4.78 is 58.6. The van der Waals surface area contributed by atoms with E-state index in [2.05, 4.69) is 20.5 Å². The second kappa shape index (κ2) is 8.12. The van der Waals surface area contributed by atoms with Crippen molar-refractivity contribution in [1.29, 1.82) is 0 Å². The highest BCUT2D eigenvalue weighted by atomic mass is 19.1. The molecule has 0 aliphatic heterocycles. The number of aromatic nitrogens is 5. The van der Waals surface area contributed by atoms with Crippen LogP contribution in [0.1, 0.15) is 18.2 Å². The standard InChI is InChI=1S/C22H17F4N5O/c1-21(26,20-9-4-15(11-27-20)14-2-5-16(23)6-3-14)22(32,12-31-13-28-29-30-31)18-8-7-17(24)10-19(18)25/h2-11,13,32H,12H2,1H3. The van der Waals surface area contributed by atoms with Crippen molar-refractivity contribution < 1.29 is 22.7 Å². The van der Waals surface area contributed by atoms with Gasteiger partial charge in [-0.1, -0.05) is 24.3 Å². The van der Waals surface area contributed by atoms with Crippen molar-refractivity contribution in [1.82, 2.24) is 25.2 Å². The van der Waals surface area contributed by atoms with Crippen molar-refractivity contribution in [3.05, 3.63) is 95.8 Å². The highest BCUT2D eigenvalue weighted by Crippen LogP contribution is 2.45. The van der Waals surface area contributed by atoms with Gasteiger partial charge < -0.3 is 5.11 Å². The smallest absolute Gasteiger partial charge is 0.184 e. The number of tetrazole rings is 1. The molecule has 0 saturated heterocycles. The number of nitrogens with zero attached hydrogens (tertiary/aromatic N) is 5. The lowest BCUT2D eigenvalue weighted by Gasteiger charge is -2.39. The first-order chi connectivity index (χ1) is 15.2. The minimum absolute atomic E-state index is 0.206. The molecule has 2 unspecified atom stereocenters. The first-order valence-electron chi connectivity index (χ1n) is 9.51. The Balaban J connectivity index is 1.78. The summed E-state index contributed by atoms with van der Waals surface area (Å²) in [5.74, 6) is -2.41. The second-order valence-electron chi connectivity index (χ2n) is 7.43. The molecular weight excluding hydrogens is 426 g/mol. The maximum atomic E-state index is 16.3. The average Bonchev–Trinajstić information content (AvgIpc) is 3.27. The molecule has 2 aromatic carbocycles. The van der Waals surface area contributed by atoms with Gasteiger partial charge in [-0.2, -0.15) is 0 Å². The van der Waals surface area contributed by atoms with Gasteiger partial charge in [0.05, 0.1) is 12.2 Å². The largest absolute Gasteiger partial charge is 0.379 e. The van der Waals surface area contributed by atoms with E-state index >= 15 is 4.39 Å². The van der Waals surface area contributed by atoms with E-state index in [4.69, 9.17) is 0 Å². The van der Waals surface area contributed by atoms with Gasteiger partial charge in [-0.15, -0.1) is 5.10 Å². The van der Waals surface area contributed by atoms with Gasteiger partial charge >= 0.3 is 0 Å². The van der Waals surface area contributed by atoms with Crippen LogP contribution < -0.4 is 0 Å². The van der Waals surface area contributed by atoms with Crippen molar-refractivity contribution in [2.75, 3.05) is 0 Å². The van der Waals surface area contributed by atoms with Crippen LogP contribution in [-0.4, -0.2) is 30.3 Å². The van der Waals surface area contributed by atoms with Crippen LogP contribution in [0.3, 0.4) is 0 Å². The Hall–Kier alpha value is -3.66. The van der Waals surface area contributed by atoms with Crippen LogP contribution >= 0.6 is 0 Å². The number of alkyl halides is 1. The first-order valence-corrected chi connectivity index (χ1v) is 9.51. The number of hydrogen-bond acceptors (Lipinski definition) is 5. The maximum absolute atomic E-state index is 16.3. The number of halogens is 4. The number of hydrogen-bond donors (Lipinski definition) is 1. The van der Waals surface area contributed by atoms with Crippen molar-refractivity contribution in [2.45, 2.75) is 24.7 Å². The van der Waals surface area contributed by atoms with Crippen LogP contribution in [-0.2, 0) is 17.8 Å². The molecule has 2 aromatic heterocycles. The van der Waals surface area contributed by atoms with Crippen molar-refractivity contribution in [3.63, 3.8) is 0 Å². The van der Waals surface area contributed by atoms with E-state index in [0.29, 0.717) is 17.2 Å².